The molecule has 2 fully saturated rings. The molecule has 1 aliphatic carbocycles. The second kappa shape index (κ2) is 5.33. The quantitative estimate of drug-likeness (QED) is 0.866. The monoisotopic (exact) mass is 258 g/mol. The van der Waals surface area contributed by atoms with Crippen LogP contribution >= 0.6 is 0 Å². The molecular formula is C16H22N2O. The number of nitrogens with one attached hydrogen (secondary N) is 2. The van der Waals surface area contributed by atoms with Gasteiger partial charge in [-0.25, -0.2) is 0 Å². The molecule has 0 unspecified atom stereocenters. The standard InChI is InChI=1S/C16H22N2O/c19-15(18-14-6-10-17-11-7-14)16(8-9-16)12-13-4-2-1-3-5-13/h1-5,14,17H,6-12H2,(H,18,19). The third-order valence-corrected chi connectivity index (χ3v) is 4.39. The predicted octanol–water partition coefficient (Wildman–Crippen LogP) is 1.88. The van der Waals surface area contributed by atoms with E-state index in [0.29, 0.717) is 6.04 Å². The van der Waals surface area contributed by atoms with Gasteiger partial charge in [0, 0.05) is 6.04 Å². The van der Waals surface area contributed by atoms with Crippen LogP contribution in [-0.4, -0.2) is 25.0 Å². The molecule has 0 radical (unpaired) electrons. The number of piperidine rings is 1. The van der Waals surface area contributed by atoms with Gasteiger partial charge >= 0.3 is 0 Å². The number of hydrogen-bond acceptors (Lipinski definition) is 2. The predicted molar refractivity (Wildman–Crippen MR) is 75.8 cm³/mol. The number of carbonyl (C=O) groups excluding carboxylic acids is 1. The van der Waals surface area contributed by atoms with Crippen LogP contribution in [0.3, 0.4) is 0 Å². The van der Waals surface area contributed by atoms with E-state index < -0.39 is 0 Å². The van der Waals surface area contributed by atoms with Gasteiger partial charge in [0.2, 0.25) is 5.91 Å². The highest BCUT2D eigenvalue weighted by atomic mass is 16.2. The molecule has 0 atom stereocenters. The van der Waals surface area contributed by atoms with Crippen molar-refractivity contribution in [3.05, 3.63) is 35.9 Å². The van der Waals surface area contributed by atoms with E-state index >= 15 is 0 Å². The van der Waals surface area contributed by atoms with Crippen molar-refractivity contribution in [2.24, 2.45) is 5.41 Å². The van der Waals surface area contributed by atoms with Crippen LogP contribution in [0.1, 0.15) is 31.2 Å². The van der Waals surface area contributed by atoms with Crippen LogP contribution in [0.15, 0.2) is 30.3 Å². The van der Waals surface area contributed by atoms with Crippen molar-refractivity contribution in [1.82, 2.24) is 10.6 Å². The Labute approximate surface area is 114 Å². The Bertz CT molecular complexity index is 433. The summed E-state index contributed by atoms with van der Waals surface area (Å²) < 4.78 is 0. The molecule has 1 aromatic rings. The summed E-state index contributed by atoms with van der Waals surface area (Å²) in [7, 11) is 0. The summed E-state index contributed by atoms with van der Waals surface area (Å²) in [6.07, 6.45) is 5.10. The Hall–Kier alpha value is -1.35. The van der Waals surface area contributed by atoms with Gasteiger partial charge in [-0.2, -0.15) is 0 Å². The molecule has 0 spiro atoms. The molecule has 0 bridgehead atoms. The van der Waals surface area contributed by atoms with Crippen molar-refractivity contribution >= 4 is 5.91 Å². The SMILES string of the molecule is O=C(NC1CCNCC1)C1(Cc2ccccc2)CC1. The molecule has 2 aliphatic rings. The van der Waals surface area contributed by atoms with Crippen LogP contribution < -0.4 is 10.6 Å². The van der Waals surface area contributed by atoms with Crippen molar-refractivity contribution in [1.29, 1.82) is 0 Å². The number of benzene rings is 1. The summed E-state index contributed by atoms with van der Waals surface area (Å²) in [6.45, 7) is 2.05. The van der Waals surface area contributed by atoms with Crippen molar-refractivity contribution in [3.8, 4) is 0 Å². The van der Waals surface area contributed by atoms with E-state index in [4.69, 9.17) is 0 Å². The number of hydrogen-bond donors (Lipinski definition) is 2. The lowest BCUT2D eigenvalue weighted by molar-refractivity contribution is -0.127. The van der Waals surface area contributed by atoms with Crippen molar-refractivity contribution in [2.45, 2.75) is 38.1 Å². The molecular weight excluding hydrogens is 236 g/mol. The molecule has 1 aromatic carbocycles. The highest BCUT2D eigenvalue weighted by Crippen LogP contribution is 2.48. The van der Waals surface area contributed by atoms with E-state index in [2.05, 4.69) is 34.9 Å². The lowest BCUT2D eigenvalue weighted by Gasteiger charge is -2.26. The summed E-state index contributed by atoms with van der Waals surface area (Å²) in [5.74, 6) is 0.281. The van der Waals surface area contributed by atoms with E-state index in [-0.39, 0.29) is 11.3 Å². The Morgan fingerprint density at radius 1 is 1.21 bits per heavy atom. The summed E-state index contributed by atoms with van der Waals surface area (Å²) >= 11 is 0. The van der Waals surface area contributed by atoms with Gasteiger partial charge in [0.05, 0.1) is 5.41 Å². The van der Waals surface area contributed by atoms with Gasteiger partial charge < -0.3 is 10.6 Å². The number of rotatable bonds is 4. The maximum atomic E-state index is 12.5. The van der Waals surface area contributed by atoms with Crippen LogP contribution in [0.4, 0.5) is 0 Å². The molecule has 3 nitrogen and oxygen atoms in total. The number of carbonyl (C=O) groups is 1. The molecule has 1 saturated carbocycles. The Kier molecular flexibility index (Phi) is 3.56. The summed E-state index contributed by atoms with van der Waals surface area (Å²) in [5.41, 5.74) is 1.17. The topological polar surface area (TPSA) is 41.1 Å². The number of amides is 1. The van der Waals surface area contributed by atoms with Crippen molar-refractivity contribution in [2.75, 3.05) is 13.1 Å². The smallest absolute Gasteiger partial charge is 0.226 e. The summed E-state index contributed by atoms with van der Waals surface area (Å²) in [5, 5.41) is 6.59. The minimum Gasteiger partial charge on any atom is -0.353 e. The zero-order valence-corrected chi connectivity index (χ0v) is 11.3. The first-order valence-electron chi connectivity index (χ1n) is 7.34. The fraction of sp³-hybridized carbons (Fsp3) is 0.562. The second-order valence-corrected chi connectivity index (χ2v) is 5.94. The third-order valence-electron chi connectivity index (χ3n) is 4.39. The minimum atomic E-state index is -0.105. The second-order valence-electron chi connectivity index (χ2n) is 5.94. The average molecular weight is 258 g/mol. The third kappa shape index (κ3) is 2.98. The van der Waals surface area contributed by atoms with E-state index in [1.807, 2.05) is 6.07 Å². The Balaban J connectivity index is 1.59. The average Bonchev–Trinajstić information content (AvgIpc) is 3.22. The fourth-order valence-corrected chi connectivity index (χ4v) is 2.93. The highest BCUT2D eigenvalue weighted by Gasteiger charge is 2.49. The fourth-order valence-electron chi connectivity index (χ4n) is 2.93. The molecule has 2 N–H and O–H groups in total. The molecule has 1 amide bonds. The van der Waals surface area contributed by atoms with Gasteiger partial charge in [-0.15, -0.1) is 0 Å². The largest absolute Gasteiger partial charge is 0.353 e. The van der Waals surface area contributed by atoms with Crippen LogP contribution in [0.25, 0.3) is 0 Å². The molecule has 19 heavy (non-hydrogen) atoms. The maximum Gasteiger partial charge on any atom is 0.226 e. The zero-order valence-electron chi connectivity index (χ0n) is 11.3. The molecule has 3 rings (SSSR count). The molecule has 1 saturated heterocycles. The van der Waals surface area contributed by atoms with Gasteiger partial charge in [0.25, 0.3) is 0 Å². The van der Waals surface area contributed by atoms with Gasteiger partial charge in [-0.3, -0.25) is 4.79 Å². The molecule has 0 aromatic heterocycles. The van der Waals surface area contributed by atoms with Crippen molar-refractivity contribution < 1.29 is 4.79 Å². The molecule has 3 heteroatoms. The Morgan fingerprint density at radius 2 is 1.89 bits per heavy atom. The normalized spacial score (nSPS) is 21.9. The Morgan fingerprint density at radius 3 is 2.53 bits per heavy atom. The first-order valence-corrected chi connectivity index (χ1v) is 7.34. The lowest BCUT2D eigenvalue weighted by Crippen LogP contribution is -2.45. The first kappa shape index (κ1) is 12.7. The van der Waals surface area contributed by atoms with E-state index in [0.717, 1.165) is 45.2 Å². The zero-order chi connectivity index (χ0) is 13.1. The van der Waals surface area contributed by atoms with Crippen molar-refractivity contribution in [3.63, 3.8) is 0 Å². The highest BCUT2D eigenvalue weighted by molar-refractivity contribution is 5.85. The summed E-state index contributed by atoms with van der Waals surface area (Å²) in [6, 6.07) is 10.8. The molecule has 1 heterocycles. The van der Waals surface area contributed by atoms with E-state index in [1.165, 1.54) is 5.56 Å². The van der Waals surface area contributed by atoms with E-state index in [9.17, 15) is 4.79 Å². The van der Waals surface area contributed by atoms with Gasteiger partial charge in [-0.1, -0.05) is 30.3 Å². The van der Waals surface area contributed by atoms with E-state index in [1.54, 1.807) is 0 Å². The van der Waals surface area contributed by atoms with Gasteiger partial charge in [0.1, 0.15) is 0 Å². The van der Waals surface area contributed by atoms with Crippen LogP contribution in [0, 0.1) is 5.41 Å². The molecule has 1 aliphatic heterocycles. The van der Waals surface area contributed by atoms with Crippen LogP contribution in [-0.2, 0) is 11.2 Å². The van der Waals surface area contributed by atoms with Crippen LogP contribution in [0.2, 0.25) is 0 Å². The summed E-state index contributed by atoms with van der Waals surface area (Å²) in [4.78, 5) is 12.5. The molecule has 102 valence electrons. The minimum absolute atomic E-state index is 0.105. The van der Waals surface area contributed by atoms with Crippen LogP contribution in [0.5, 0.6) is 0 Å². The maximum absolute atomic E-state index is 12.5. The van der Waals surface area contributed by atoms with Gasteiger partial charge in [-0.05, 0) is 50.8 Å². The first-order chi connectivity index (χ1) is 9.28. The van der Waals surface area contributed by atoms with Gasteiger partial charge in [0.15, 0.2) is 0 Å². The lowest BCUT2D eigenvalue weighted by atomic mass is 9.94.